The average Bonchev–Trinajstić information content (AvgIpc) is 2.28. The van der Waals surface area contributed by atoms with Crippen molar-refractivity contribution in [2.75, 3.05) is 6.61 Å². The zero-order valence-electron chi connectivity index (χ0n) is 10.1. The molecule has 0 atom stereocenters. The summed E-state index contributed by atoms with van der Waals surface area (Å²) in [6.07, 6.45) is 0. The first-order chi connectivity index (χ1) is 7.89. The Bertz CT molecular complexity index is 438. The Morgan fingerprint density at radius 2 is 2.00 bits per heavy atom. The molecule has 3 nitrogen and oxygen atoms in total. The Morgan fingerprint density at radius 3 is 2.53 bits per heavy atom. The van der Waals surface area contributed by atoms with Gasteiger partial charge in [0.15, 0.2) is 5.78 Å². The minimum atomic E-state index is -1.19. The van der Waals surface area contributed by atoms with Gasteiger partial charge in [-0.2, -0.15) is 0 Å². The normalized spacial score (nSPS) is 11.1. The predicted molar refractivity (Wildman–Crippen MR) is 66.2 cm³/mol. The lowest BCUT2D eigenvalue weighted by Gasteiger charge is -2.20. The van der Waals surface area contributed by atoms with Crippen molar-refractivity contribution in [2.45, 2.75) is 20.8 Å². The maximum Gasteiger partial charge on any atom is 0.319 e. The predicted octanol–water partition coefficient (Wildman–Crippen LogP) is 3.11. The van der Waals surface area contributed by atoms with Gasteiger partial charge in [-0.25, -0.2) is 0 Å². The van der Waals surface area contributed by atoms with Crippen molar-refractivity contribution in [2.24, 2.45) is 5.41 Å². The topological polar surface area (TPSA) is 43.4 Å². The van der Waals surface area contributed by atoms with Crippen molar-refractivity contribution < 1.29 is 14.3 Å². The van der Waals surface area contributed by atoms with Crippen molar-refractivity contribution in [1.82, 2.24) is 0 Å². The van der Waals surface area contributed by atoms with Gasteiger partial charge < -0.3 is 4.74 Å². The Kier molecular flexibility index (Phi) is 4.29. The van der Waals surface area contributed by atoms with Gasteiger partial charge in [-0.3, -0.25) is 9.59 Å². The van der Waals surface area contributed by atoms with Crippen molar-refractivity contribution >= 4 is 23.4 Å². The first-order valence-electron chi connectivity index (χ1n) is 5.37. The second kappa shape index (κ2) is 5.32. The molecule has 1 aromatic carbocycles. The maximum absolute atomic E-state index is 12.2. The summed E-state index contributed by atoms with van der Waals surface area (Å²) in [6.45, 7) is 5.06. The standard InChI is InChI=1S/C13H15ClO3/c1-4-17-12(16)13(2,3)11(15)9-6-5-7-10(14)8-9/h5-8H,4H2,1-3H3. The van der Waals surface area contributed by atoms with E-state index in [1.54, 1.807) is 45.0 Å². The SMILES string of the molecule is CCOC(=O)C(C)(C)C(=O)c1cccc(Cl)c1. The summed E-state index contributed by atoms with van der Waals surface area (Å²) in [6, 6.07) is 6.53. The molecule has 92 valence electrons. The minimum Gasteiger partial charge on any atom is -0.465 e. The molecule has 0 saturated heterocycles. The molecular weight excluding hydrogens is 240 g/mol. The van der Waals surface area contributed by atoms with Gasteiger partial charge in [0.05, 0.1) is 6.61 Å². The van der Waals surface area contributed by atoms with Crippen LogP contribution in [0.25, 0.3) is 0 Å². The van der Waals surface area contributed by atoms with E-state index in [1.165, 1.54) is 0 Å². The van der Waals surface area contributed by atoms with Gasteiger partial charge in [0.25, 0.3) is 0 Å². The third kappa shape index (κ3) is 3.07. The van der Waals surface area contributed by atoms with E-state index < -0.39 is 11.4 Å². The number of benzene rings is 1. The molecule has 1 aromatic rings. The van der Waals surface area contributed by atoms with E-state index in [2.05, 4.69) is 0 Å². The van der Waals surface area contributed by atoms with Crippen molar-refractivity contribution in [3.05, 3.63) is 34.9 Å². The molecule has 0 unspecified atom stereocenters. The van der Waals surface area contributed by atoms with Gasteiger partial charge in [0, 0.05) is 10.6 Å². The zero-order chi connectivity index (χ0) is 13.1. The number of ether oxygens (including phenoxy) is 1. The molecule has 0 fully saturated rings. The number of Topliss-reactive ketones (excluding diaryl/α,β-unsaturated/α-hetero) is 1. The number of hydrogen-bond acceptors (Lipinski definition) is 3. The van der Waals surface area contributed by atoms with Crippen molar-refractivity contribution in [3.63, 3.8) is 0 Å². The zero-order valence-corrected chi connectivity index (χ0v) is 10.9. The van der Waals surface area contributed by atoms with Crippen LogP contribution in [0.4, 0.5) is 0 Å². The lowest BCUT2D eigenvalue weighted by atomic mass is 9.84. The highest BCUT2D eigenvalue weighted by molar-refractivity contribution is 6.31. The largest absolute Gasteiger partial charge is 0.465 e. The van der Waals surface area contributed by atoms with Crippen LogP contribution in [0, 0.1) is 5.41 Å². The monoisotopic (exact) mass is 254 g/mol. The second-order valence-electron chi connectivity index (χ2n) is 4.18. The number of carbonyl (C=O) groups excluding carboxylic acids is 2. The molecule has 0 heterocycles. The fraction of sp³-hybridized carbons (Fsp3) is 0.385. The highest BCUT2D eigenvalue weighted by atomic mass is 35.5. The number of rotatable bonds is 4. The summed E-state index contributed by atoms with van der Waals surface area (Å²) in [4.78, 5) is 23.9. The van der Waals surface area contributed by atoms with Crippen LogP contribution in [0.1, 0.15) is 31.1 Å². The van der Waals surface area contributed by atoms with Crippen molar-refractivity contribution in [1.29, 1.82) is 0 Å². The fourth-order valence-corrected chi connectivity index (χ4v) is 1.59. The first-order valence-corrected chi connectivity index (χ1v) is 5.75. The smallest absolute Gasteiger partial charge is 0.319 e. The van der Waals surface area contributed by atoms with Gasteiger partial charge >= 0.3 is 5.97 Å². The van der Waals surface area contributed by atoms with Crippen LogP contribution in [0.5, 0.6) is 0 Å². The molecule has 0 amide bonds. The summed E-state index contributed by atoms with van der Waals surface area (Å²) >= 11 is 5.81. The van der Waals surface area contributed by atoms with Gasteiger partial charge in [-0.1, -0.05) is 23.7 Å². The molecule has 0 saturated carbocycles. The lowest BCUT2D eigenvalue weighted by Crippen LogP contribution is -2.35. The Hall–Kier alpha value is -1.35. The molecule has 1 rings (SSSR count). The van der Waals surface area contributed by atoms with Crippen molar-refractivity contribution in [3.8, 4) is 0 Å². The van der Waals surface area contributed by atoms with Gasteiger partial charge in [0.2, 0.25) is 0 Å². The summed E-state index contributed by atoms with van der Waals surface area (Å²) in [5, 5.41) is 0.468. The van der Waals surface area contributed by atoms with Crippen LogP contribution < -0.4 is 0 Å². The van der Waals surface area contributed by atoms with Crippen LogP contribution in [0.2, 0.25) is 5.02 Å². The average molecular weight is 255 g/mol. The van der Waals surface area contributed by atoms with Crippen LogP contribution >= 0.6 is 11.6 Å². The number of ketones is 1. The maximum atomic E-state index is 12.2. The number of carbonyl (C=O) groups is 2. The Morgan fingerprint density at radius 1 is 1.35 bits per heavy atom. The lowest BCUT2D eigenvalue weighted by molar-refractivity contribution is -0.150. The van der Waals surface area contributed by atoms with Crippen LogP contribution in [0.3, 0.4) is 0 Å². The molecule has 0 radical (unpaired) electrons. The van der Waals surface area contributed by atoms with E-state index in [9.17, 15) is 9.59 Å². The first kappa shape index (κ1) is 13.7. The minimum absolute atomic E-state index is 0.255. The van der Waals surface area contributed by atoms with Gasteiger partial charge in [0.1, 0.15) is 5.41 Å². The molecule has 0 N–H and O–H groups in total. The quantitative estimate of drug-likeness (QED) is 0.471. The fourth-order valence-electron chi connectivity index (χ4n) is 1.39. The second-order valence-corrected chi connectivity index (χ2v) is 4.62. The summed E-state index contributed by atoms with van der Waals surface area (Å²) in [5.41, 5.74) is -0.781. The number of esters is 1. The molecule has 17 heavy (non-hydrogen) atoms. The molecule has 0 aliphatic carbocycles. The molecular formula is C13H15ClO3. The third-order valence-electron chi connectivity index (χ3n) is 2.44. The number of halogens is 1. The van der Waals surface area contributed by atoms with E-state index >= 15 is 0 Å². The highest BCUT2D eigenvalue weighted by Crippen LogP contribution is 2.25. The van der Waals surface area contributed by atoms with Crippen LogP contribution in [-0.4, -0.2) is 18.4 Å². The van der Waals surface area contributed by atoms with E-state index in [0.717, 1.165) is 0 Å². The van der Waals surface area contributed by atoms with Crippen LogP contribution in [0.15, 0.2) is 24.3 Å². The Balaban J connectivity index is 3.00. The molecule has 0 aliphatic heterocycles. The van der Waals surface area contributed by atoms with E-state index in [0.29, 0.717) is 10.6 Å². The van der Waals surface area contributed by atoms with E-state index in [-0.39, 0.29) is 12.4 Å². The third-order valence-corrected chi connectivity index (χ3v) is 2.68. The molecule has 4 heteroatoms. The summed E-state index contributed by atoms with van der Waals surface area (Å²) < 4.78 is 4.89. The molecule has 0 aliphatic rings. The molecule has 0 spiro atoms. The highest BCUT2D eigenvalue weighted by Gasteiger charge is 2.38. The van der Waals surface area contributed by atoms with E-state index in [4.69, 9.17) is 16.3 Å². The summed E-state index contributed by atoms with van der Waals surface area (Å²) in [7, 11) is 0. The van der Waals surface area contributed by atoms with Gasteiger partial charge in [-0.15, -0.1) is 0 Å². The van der Waals surface area contributed by atoms with E-state index in [1.807, 2.05) is 0 Å². The Labute approximate surface area is 106 Å². The number of hydrogen-bond donors (Lipinski definition) is 0. The van der Waals surface area contributed by atoms with Crippen LogP contribution in [-0.2, 0) is 9.53 Å². The summed E-state index contributed by atoms with van der Waals surface area (Å²) in [5.74, 6) is -0.816. The van der Waals surface area contributed by atoms with Gasteiger partial charge in [-0.05, 0) is 32.9 Å². The molecule has 0 aromatic heterocycles. The molecule has 0 bridgehead atoms.